The van der Waals surface area contributed by atoms with Crippen LogP contribution in [0.4, 0.5) is 13.2 Å². The molecule has 0 radical (unpaired) electrons. The summed E-state index contributed by atoms with van der Waals surface area (Å²) in [6.07, 6.45) is -5.26. The van der Waals surface area contributed by atoms with E-state index in [1.165, 1.54) is 24.3 Å². The molecule has 1 aromatic rings. The maximum atomic E-state index is 12.0. The Kier molecular flexibility index (Phi) is 3.39. The summed E-state index contributed by atoms with van der Waals surface area (Å²) >= 11 is 5.59. The molecule has 0 aliphatic carbocycles. The molecule has 0 aromatic heterocycles. The van der Waals surface area contributed by atoms with Gasteiger partial charge in [0, 0.05) is 11.1 Å². The molecule has 78 valence electrons. The summed E-state index contributed by atoms with van der Waals surface area (Å²) in [4.78, 5) is 0. The maximum absolute atomic E-state index is 12.0. The highest BCUT2D eigenvalue weighted by Gasteiger charge is 2.30. The van der Waals surface area contributed by atoms with Crippen molar-refractivity contribution in [3.8, 4) is 0 Å². The van der Waals surface area contributed by atoms with E-state index in [1.807, 2.05) is 0 Å². The Balaban J connectivity index is 2.70. The first kappa shape index (κ1) is 11.3. The van der Waals surface area contributed by atoms with Gasteiger partial charge in [-0.1, -0.05) is 23.7 Å². The van der Waals surface area contributed by atoms with Crippen LogP contribution >= 0.6 is 11.6 Å². The second kappa shape index (κ2) is 4.19. The van der Waals surface area contributed by atoms with Gasteiger partial charge >= 0.3 is 6.18 Å². The summed E-state index contributed by atoms with van der Waals surface area (Å²) in [5, 5.41) is 0.480. The molecule has 1 nitrogen and oxygen atoms in total. The second-order valence-electron chi connectivity index (χ2n) is 2.98. The van der Waals surface area contributed by atoms with E-state index in [2.05, 4.69) is 0 Å². The first-order valence-electron chi connectivity index (χ1n) is 3.96. The summed E-state index contributed by atoms with van der Waals surface area (Å²) in [6, 6.07) is 5.02. The van der Waals surface area contributed by atoms with Crippen molar-refractivity contribution in [2.45, 2.75) is 18.6 Å². The number of benzene rings is 1. The molecule has 5 heteroatoms. The van der Waals surface area contributed by atoms with E-state index in [4.69, 9.17) is 17.3 Å². The smallest absolute Gasteiger partial charge is 0.324 e. The standard InChI is InChI=1S/C9H9ClF3N/c10-7-3-1-6(2-4-7)8(14)5-9(11,12)13/h1-4,8H,5,14H2/t8-/m1/s1. The van der Waals surface area contributed by atoms with E-state index in [0.29, 0.717) is 10.6 Å². The van der Waals surface area contributed by atoms with Gasteiger partial charge in [-0.15, -0.1) is 0 Å². The van der Waals surface area contributed by atoms with Gasteiger partial charge in [-0.25, -0.2) is 0 Å². The highest BCUT2D eigenvalue weighted by Crippen LogP contribution is 2.28. The normalized spacial score (nSPS) is 14.1. The summed E-state index contributed by atoms with van der Waals surface area (Å²) in [5.74, 6) is 0. The highest BCUT2D eigenvalue weighted by atomic mass is 35.5. The fourth-order valence-corrected chi connectivity index (χ4v) is 1.20. The molecule has 1 atom stereocenters. The minimum absolute atomic E-state index is 0.437. The Bertz CT molecular complexity index is 294. The SMILES string of the molecule is N[C@H](CC(F)(F)F)c1ccc(Cl)cc1. The van der Waals surface area contributed by atoms with E-state index < -0.39 is 18.6 Å². The highest BCUT2D eigenvalue weighted by molar-refractivity contribution is 6.30. The van der Waals surface area contributed by atoms with Crippen LogP contribution in [0.1, 0.15) is 18.0 Å². The molecule has 0 amide bonds. The fraction of sp³-hybridized carbons (Fsp3) is 0.333. The lowest BCUT2D eigenvalue weighted by Gasteiger charge is -2.14. The second-order valence-corrected chi connectivity index (χ2v) is 3.41. The van der Waals surface area contributed by atoms with Crippen molar-refractivity contribution in [3.63, 3.8) is 0 Å². The lowest BCUT2D eigenvalue weighted by molar-refractivity contribution is -0.138. The average Bonchev–Trinajstić information content (AvgIpc) is 2.02. The van der Waals surface area contributed by atoms with E-state index in [9.17, 15) is 13.2 Å². The molecular weight excluding hydrogens is 215 g/mol. The molecule has 0 bridgehead atoms. The molecule has 2 N–H and O–H groups in total. The third-order valence-corrected chi connectivity index (χ3v) is 2.00. The average molecular weight is 224 g/mol. The van der Waals surface area contributed by atoms with Gasteiger partial charge in [-0.2, -0.15) is 13.2 Å². The molecule has 0 aliphatic rings. The van der Waals surface area contributed by atoms with E-state index in [-0.39, 0.29) is 0 Å². The predicted octanol–water partition coefficient (Wildman–Crippen LogP) is 3.29. The molecule has 1 rings (SSSR count). The van der Waals surface area contributed by atoms with Crippen LogP contribution < -0.4 is 5.73 Å². The van der Waals surface area contributed by atoms with Crippen LogP contribution in [-0.4, -0.2) is 6.18 Å². The van der Waals surface area contributed by atoms with Crippen molar-refractivity contribution >= 4 is 11.6 Å². The van der Waals surface area contributed by atoms with Gasteiger partial charge in [0.25, 0.3) is 0 Å². The molecule has 0 unspecified atom stereocenters. The molecule has 14 heavy (non-hydrogen) atoms. The summed E-state index contributed by atoms with van der Waals surface area (Å²) < 4.78 is 35.9. The van der Waals surface area contributed by atoms with Gasteiger partial charge in [0.1, 0.15) is 0 Å². The molecule has 0 saturated carbocycles. The van der Waals surface area contributed by atoms with Crippen molar-refractivity contribution in [3.05, 3.63) is 34.9 Å². The van der Waals surface area contributed by atoms with Gasteiger partial charge in [0.2, 0.25) is 0 Å². The maximum Gasteiger partial charge on any atom is 0.390 e. The van der Waals surface area contributed by atoms with Crippen molar-refractivity contribution in [2.75, 3.05) is 0 Å². The molecule has 0 aliphatic heterocycles. The number of nitrogens with two attached hydrogens (primary N) is 1. The van der Waals surface area contributed by atoms with Crippen molar-refractivity contribution in [1.82, 2.24) is 0 Å². The quantitative estimate of drug-likeness (QED) is 0.818. The zero-order valence-corrected chi connectivity index (χ0v) is 7.94. The van der Waals surface area contributed by atoms with Crippen molar-refractivity contribution in [2.24, 2.45) is 5.73 Å². The van der Waals surface area contributed by atoms with E-state index in [1.54, 1.807) is 0 Å². The minimum atomic E-state index is -4.24. The molecule has 0 spiro atoms. The Labute approximate surface area is 84.7 Å². The van der Waals surface area contributed by atoms with Gasteiger partial charge in [-0.3, -0.25) is 0 Å². The summed E-state index contributed by atoms with van der Waals surface area (Å²) in [5.41, 5.74) is 5.80. The fourth-order valence-electron chi connectivity index (χ4n) is 1.08. The lowest BCUT2D eigenvalue weighted by Crippen LogP contribution is -2.20. The first-order chi connectivity index (χ1) is 6.38. The van der Waals surface area contributed by atoms with Gasteiger partial charge in [0.15, 0.2) is 0 Å². The van der Waals surface area contributed by atoms with Gasteiger partial charge in [0.05, 0.1) is 6.42 Å². The van der Waals surface area contributed by atoms with Crippen LogP contribution in [0.5, 0.6) is 0 Å². The van der Waals surface area contributed by atoms with E-state index >= 15 is 0 Å². The third kappa shape index (κ3) is 3.55. The summed E-state index contributed by atoms with van der Waals surface area (Å²) in [7, 11) is 0. The van der Waals surface area contributed by atoms with Gasteiger partial charge in [-0.05, 0) is 17.7 Å². The Morgan fingerprint density at radius 1 is 1.21 bits per heavy atom. The lowest BCUT2D eigenvalue weighted by atomic mass is 10.1. The number of alkyl halides is 3. The Morgan fingerprint density at radius 3 is 2.14 bits per heavy atom. The van der Waals surface area contributed by atoms with Crippen molar-refractivity contribution in [1.29, 1.82) is 0 Å². The van der Waals surface area contributed by atoms with Crippen LogP contribution in [0, 0.1) is 0 Å². The van der Waals surface area contributed by atoms with Crippen LogP contribution in [0.2, 0.25) is 5.02 Å². The van der Waals surface area contributed by atoms with Crippen LogP contribution in [0.15, 0.2) is 24.3 Å². The third-order valence-electron chi connectivity index (χ3n) is 1.75. The summed E-state index contributed by atoms with van der Waals surface area (Å²) in [6.45, 7) is 0. The van der Waals surface area contributed by atoms with Crippen molar-refractivity contribution < 1.29 is 13.2 Å². The number of rotatable bonds is 2. The Morgan fingerprint density at radius 2 is 1.71 bits per heavy atom. The minimum Gasteiger partial charge on any atom is -0.324 e. The Hall–Kier alpha value is -0.740. The van der Waals surface area contributed by atoms with Crippen LogP contribution in [0.3, 0.4) is 0 Å². The number of hydrogen-bond donors (Lipinski definition) is 1. The largest absolute Gasteiger partial charge is 0.390 e. The molecule has 0 heterocycles. The zero-order chi connectivity index (χ0) is 10.8. The predicted molar refractivity (Wildman–Crippen MR) is 49.1 cm³/mol. The monoisotopic (exact) mass is 223 g/mol. The first-order valence-corrected chi connectivity index (χ1v) is 4.34. The topological polar surface area (TPSA) is 26.0 Å². The van der Waals surface area contributed by atoms with E-state index in [0.717, 1.165) is 0 Å². The molecule has 0 saturated heterocycles. The molecular formula is C9H9ClF3N. The van der Waals surface area contributed by atoms with Crippen LogP contribution in [-0.2, 0) is 0 Å². The van der Waals surface area contributed by atoms with Gasteiger partial charge < -0.3 is 5.73 Å². The molecule has 1 aromatic carbocycles. The molecule has 0 fully saturated rings. The number of hydrogen-bond acceptors (Lipinski definition) is 1. The number of halogens is 4. The zero-order valence-electron chi connectivity index (χ0n) is 7.18. The van der Waals surface area contributed by atoms with Crippen LogP contribution in [0.25, 0.3) is 0 Å².